The summed E-state index contributed by atoms with van der Waals surface area (Å²) in [6.07, 6.45) is 0. The van der Waals surface area contributed by atoms with Gasteiger partial charge in [0.05, 0.1) is 29.0 Å². The molecule has 0 unspecified atom stereocenters. The first-order chi connectivity index (χ1) is 9.63. The third-order valence-electron chi connectivity index (χ3n) is 2.62. The number of nitrogens with zero attached hydrogens (tertiary/aromatic N) is 2. The Morgan fingerprint density at radius 2 is 1.60 bits per heavy atom. The van der Waals surface area contributed by atoms with Gasteiger partial charge in [0.15, 0.2) is 0 Å². The van der Waals surface area contributed by atoms with E-state index >= 15 is 0 Å². The predicted molar refractivity (Wildman–Crippen MR) is 70.2 cm³/mol. The molecule has 2 rings (SSSR count). The Labute approximate surface area is 114 Å². The molecule has 0 spiro atoms. The van der Waals surface area contributed by atoms with Crippen LogP contribution >= 0.6 is 0 Å². The van der Waals surface area contributed by atoms with Crippen molar-refractivity contribution >= 4 is 11.6 Å². The lowest BCUT2D eigenvalue weighted by Gasteiger charge is -2.06. The molecule has 0 saturated carbocycles. The number of nitrogens with one attached hydrogen (secondary N) is 1. The Hall–Kier alpha value is -3.18. The topological polar surface area (TPSA) is 76.7 Å². The smallest absolute Gasteiger partial charge is 0.255 e. The predicted octanol–water partition coefficient (Wildman–Crippen LogP) is 2.82. The van der Waals surface area contributed by atoms with E-state index < -0.39 is 11.7 Å². The van der Waals surface area contributed by atoms with Crippen LogP contribution in [0.3, 0.4) is 0 Å². The van der Waals surface area contributed by atoms with Crippen molar-refractivity contribution < 1.29 is 9.18 Å². The van der Waals surface area contributed by atoms with Gasteiger partial charge in [-0.1, -0.05) is 0 Å². The molecule has 0 bridgehead atoms. The van der Waals surface area contributed by atoms with Crippen LogP contribution in [0.4, 0.5) is 10.1 Å². The monoisotopic (exact) mass is 265 g/mol. The van der Waals surface area contributed by atoms with E-state index in [1.165, 1.54) is 36.4 Å². The summed E-state index contributed by atoms with van der Waals surface area (Å²) in [4.78, 5) is 11.9. The normalized spacial score (nSPS) is 9.35. The number of carbonyl (C=O) groups is 1. The van der Waals surface area contributed by atoms with E-state index in [4.69, 9.17) is 10.5 Å². The molecule has 0 aliphatic carbocycles. The minimum absolute atomic E-state index is 0.00152. The summed E-state index contributed by atoms with van der Waals surface area (Å²) in [6.45, 7) is 0. The summed E-state index contributed by atoms with van der Waals surface area (Å²) >= 11 is 0. The van der Waals surface area contributed by atoms with Crippen LogP contribution in [0.5, 0.6) is 0 Å². The zero-order valence-corrected chi connectivity index (χ0v) is 10.2. The van der Waals surface area contributed by atoms with E-state index in [0.29, 0.717) is 11.1 Å². The van der Waals surface area contributed by atoms with Crippen molar-refractivity contribution in [2.75, 3.05) is 5.32 Å². The van der Waals surface area contributed by atoms with Gasteiger partial charge in [-0.15, -0.1) is 0 Å². The molecule has 0 aliphatic heterocycles. The maximum absolute atomic E-state index is 13.6. The quantitative estimate of drug-likeness (QED) is 0.906. The van der Waals surface area contributed by atoms with E-state index in [1.807, 2.05) is 12.1 Å². The van der Waals surface area contributed by atoms with Crippen LogP contribution in [0.15, 0.2) is 42.5 Å². The highest BCUT2D eigenvalue weighted by Crippen LogP contribution is 2.16. The summed E-state index contributed by atoms with van der Waals surface area (Å²) in [5.74, 6) is -1.16. The number of rotatable bonds is 2. The summed E-state index contributed by atoms with van der Waals surface area (Å²) in [7, 11) is 0. The van der Waals surface area contributed by atoms with Crippen LogP contribution in [-0.2, 0) is 0 Å². The molecule has 2 aromatic rings. The van der Waals surface area contributed by atoms with Gasteiger partial charge in [0.2, 0.25) is 0 Å². The highest BCUT2D eigenvalue weighted by atomic mass is 19.1. The molecule has 96 valence electrons. The van der Waals surface area contributed by atoms with Gasteiger partial charge in [-0.3, -0.25) is 4.79 Å². The maximum Gasteiger partial charge on any atom is 0.255 e. The zero-order chi connectivity index (χ0) is 14.5. The van der Waals surface area contributed by atoms with Crippen LogP contribution in [0.1, 0.15) is 21.5 Å². The van der Waals surface area contributed by atoms with Crippen molar-refractivity contribution in [3.8, 4) is 12.1 Å². The molecule has 0 atom stereocenters. The Morgan fingerprint density at radius 1 is 1.00 bits per heavy atom. The molecule has 0 aliphatic rings. The van der Waals surface area contributed by atoms with Gasteiger partial charge in [-0.05, 0) is 42.5 Å². The SMILES string of the molecule is N#Cc1ccc(C(=O)Nc2ccc(C#N)cc2F)cc1. The molecule has 1 amide bonds. The lowest BCUT2D eigenvalue weighted by molar-refractivity contribution is 0.102. The molecule has 4 nitrogen and oxygen atoms in total. The maximum atomic E-state index is 13.6. The van der Waals surface area contributed by atoms with Crippen molar-refractivity contribution in [1.29, 1.82) is 10.5 Å². The van der Waals surface area contributed by atoms with Crippen LogP contribution in [0.2, 0.25) is 0 Å². The molecule has 20 heavy (non-hydrogen) atoms. The average molecular weight is 265 g/mol. The fourth-order valence-corrected chi connectivity index (χ4v) is 1.58. The standard InChI is InChI=1S/C15H8FN3O/c16-13-7-11(9-18)3-6-14(13)19-15(20)12-4-1-10(8-17)2-5-12/h1-7H,(H,19,20). The number of amides is 1. The van der Waals surface area contributed by atoms with Gasteiger partial charge >= 0.3 is 0 Å². The summed E-state index contributed by atoms with van der Waals surface area (Å²) in [5.41, 5.74) is 0.927. The van der Waals surface area contributed by atoms with Crippen molar-refractivity contribution in [2.24, 2.45) is 0 Å². The molecule has 1 N–H and O–H groups in total. The van der Waals surface area contributed by atoms with Gasteiger partial charge in [0.25, 0.3) is 5.91 Å². The lowest BCUT2D eigenvalue weighted by atomic mass is 10.1. The number of nitriles is 2. The second kappa shape index (κ2) is 5.64. The molecule has 5 heteroatoms. The molecule has 0 fully saturated rings. The van der Waals surface area contributed by atoms with E-state index in [-0.39, 0.29) is 11.3 Å². The van der Waals surface area contributed by atoms with Crippen molar-refractivity contribution in [2.45, 2.75) is 0 Å². The summed E-state index contributed by atoms with van der Waals surface area (Å²) in [5, 5.41) is 19.7. The first-order valence-electron chi connectivity index (χ1n) is 5.65. The first-order valence-corrected chi connectivity index (χ1v) is 5.65. The number of anilines is 1. The fourth-order valence-electron chi connectivity index (χ4n) is 1.58. The molecule has 0 radical (unpaired) electrons. The number of carbonyl (C=O) groups excluding carboxylic acids is 1. The number of hydrogen-bond acceptors (Lipinski definition) is 3. The largest absolute Gasteiger partial charge is 0.319 e. The van der Waals surface area contributed by atoms with E-state index in [0.717, 1.165) is 6.07 Å². The van der Waals surface area contributed by atoms with E-state index in [1.54, 1.807) is 0 Å². The van der Waals surface area contributed by atoms with Crippen LogP contribution in [0, 0.1) is 28.5 Å². The third-order valence-corrected chi connectivity index (χ3v) is 2.62. The third kappa shape index (κ3) is 2.80. The first kappa shape index (κ1) is 13.3. The average Bonchev–Trinajstić information content (AvgIpc) is 2.49. The highest BCUT2D eigenvalue weighted by molar-refractivity contribution is 6.04. The second-order valence-electron chi connectivity index (χ2n) is 3.95. The van der Waals surface area contributed by atoms with Crippen molar-refractivity contribution in [1.82, 2.24) is 0 Å². The van der Waals surface area contributed by atoms with Gasteiger partial charge < -0.3 is 5.32 Å². The molecular formula is C15H8FN3O. The summed E-state index contributed by atoms with van der Waals surface area (Å²) in [6, 6.07) is 13.5. The molecule has 0 heterocycles. The Morgan fingerprint density at radius 3 is 2.15 bits per heavy atom. The highest BCUT2D eigenvalue weighted by Gasteiger charge is 2.09. The van der Waals surface area contributed by atoms with Gasteiger partial charge in [-0.25, -0.2) is 4.39 Å². The lowest BCUT2D eigenvalue weighted by Crippen LogP contribution is -2.13. The number of halogens is 1. The number of hydrogen-bond donors (Lipinski definition) is 1. The van der Waals surface area contributed by atoms with Gasteiger partial charge in [0.1, 0.15) is 5.82 Å². The van der Waals surface area contributed by atoms with Crippen LogP contribution < -0.4 is 5.32 Å². The molecule has 0 saturated heterocycles. The molecule has 0 aromatic heterocycles. The van der Waals surface area contributed by atoms with E-state index in [2.05, 4.69) is 5.32 Å². The minimum atomic E-state index is -0.675. The van der Waals surface area contributed by atoms with Crippen molar-refractivity contribution in [3.05, 3.63) is 65.0 Å². The summed E-state index contributed by atoms with van der Waals surface area (Å²) < 4.78 is 13.6. The van der Waals surface area contributed by atoms with E-state index in [9.17, 15) is 9.18 Å². The Balaban J connectivity index is 2.19. The van der Waals surface area contributed by atoms with Crippen molar-refractivity contribution in [3.63, 3.8) is 0 Å². The molecular weight excluding hydrogens is 257 g/mol. The van der Waals surface area contributed by atoms with Gasteiger partial charge in [-0.2, -0.15) is 10.5 Å². The van der Waals surface area contributed by atoms with Gasteiger partial charge in [0, 0.05) is 5.56 Å². The minimum Gasteiger partial charge on any atom is -0.319 e. The fraction of sp³-hybridized carbons (Fsp3) is 0. The Kier molecular flexibility index (Phi) is 3.74. The van der Waals surface area contributed by atoms with Crippen LogP contribution in [-0.4, -0.2) is 5.91 Å². The zero-order valence-electron chi connectivity index (χ0n) is 10.2. The number of benzene rings is 2. The second-order valence-corrected chi connectivity index (χ2v) is 3.95. The molecule has 2 aromatic carbocycles. The Bertz CT molecular complexity index is 739. The van der Waals surface area contributed by atoms with Crippen LogP contribution in [0.25, 0.3) is 0 Å².